The largest absolute Gasteiger partial charge is 0.497 e. The Labute approximate surface area is 182 Å². The smallest absolute Gasteiger partial charge is 0.340 e. The van der Waals surface area contributed by atoms with Crippen LogP contribution < -0.4 is 10.1 Å². The Bertz CT molecular complexity index is 1060. The van der Waals surface area contributed by atoms with Crippen LogP contribution in [0.5, 0.6) is 5.75 Å². The summed E-state index contributed by atoms with van der Waals surface area (Å²) in [6.07, 6.45) is 0. The lowest BCUT2D eigenvalue weighted by Crippen LogP contribution is -2.08. The number of hydrogen-bond acceptors (Lipinski definition) is 9. The van der Waals surface area contributed by atoms with Gasteiger partial charge in [-0.2, -0.15) is 0 Å². The number of carbonyl (C=O) groups excluding carboxylic acids is 2. The third-order valence-electron chi connectivity index (χ3n) is 4.25. The van der Waals surface area contributed by atoms with Crippen LogP contribution in [0.3, 0.4) is 0 Å². The van der Waals surface area contributed by atoms with E-state index in [4.69, 9.17) is 9.47 Å². The van der Waals surface area contributed by atoms with Crippen molar-refractivity contribution in [2.75, 3.05) is 24.8 Å². The fourth-order valence-electron chi connectivity index (χ4n) is 2.88. The molecule has 0 aliphatic rings. The molecule has 2 heterocycles. The van der Waals surface area contributed by atoms with Gasteiger partial charge in [0, 0.05) is 17.4 Å². The van der Waals surface area contributed by atoms with Crippen LogP contribution in [-0.2, 0) is 4.74 Å². The van der Waals surface area contributed by atoms with E-state index in [1.54, 1.807) is 27.9 Å². The number of anilines is 2. The van der Waals surface area contributed by atoms with Gasteiger partial charge in [0.15, 0.2) is 10.1 Å². The number of benzene rings is 1. The number of ketones is 1. The summed E-state index contributed by atoms with van der Waals surface area (Å²) in [5, 5.41) is 12.0. The molecule has 8 nitrogen and oxygen atoms in total. The van der Waals surface area contributed by atoms with Crippen molar-refractivity contribution in [3.8, 4) is 5.75 Å². The maximum atomic E-state index is 12.7. The van der Waals surface area contributed by atoms with E-state index in [9.17, 15) is 9.59 Å². The number of hydrogen-bond donors (Lipinski definition) is 2. The molecule has 0 saturated carbocycles. The van der Waals surface area contributed by atoms with Crippen molar-refractivity contribution in [2.24, 2.45) is 0 Å². The molecular formula is C20H22N4O4S2. The summed E-state index contributed by atoms with van der Waals surface area (Å²) >= 11 is 2.65. The second-order valence-electron chi connectivity index (χ2n) is 6.29. The molecule has 0 fully saturated rings. The summed E-state index contributed by atoms with van der Waals surface area (Å²) in [7, 11) is 1.61. The number of aromatic amines is 1. The van der Waals surface area contributed by atoms with Gasteiger partial charge < -0.3 is 19.8 Å². The highest BCUT2D eigenvalue weighted by Gasteiger charge is 2.23. The van der Waals surface area contributed by atoms with Crippen molar-refractivity contribution >= 4 is 45.7 Å². The predicted molar refractivity (Wildman–Crippen MR) is 117 cm³/mol. The van der Waals surface area contributed by atoms with Crippen molar-refractivity contribution in [3.05, 3.63) is 46.8 Å². The van der Waals surface area contributed by atoms with Gasteiger partial charge in [0.2, 0.25) is 5.13 Å². The quantitative estimate of drug-likeness (QED) is 0.283. The summed E-state index contributed by atoms with van der Waals surface area (Å²) in [4.78, 5) is 27.8. The van der Waals surface area contributed by atoms with Crippen LogP contribution in [0.4, 0.5) is 10.8 Å². The Morgan fingerprint density at radius 2 is 2.07 bits per heavy atom. The molecule has 0 unspecified atom stereocenters. The first-order chi connectivity index (χ1) is 14.4. The standard InChI is InChI=1S/C20H22N4O4S2/c1-5-28-18(26)16-11(2)17(21-12(16)3)15(25)10-29-20-24-23-19(30-20)22-13-7-6-8-14(9-13)27-4/h6-9,21H,5,10H2,1-4H3,(H,22,23). The number of aryl methyl sites for hydroxylation is 1. The lowest BCUT2D eigenvalue weighted by Gasteiger charge is -2.04. The maximum absolute atomic E-state index is 12.7. The van der Waals surface area contributed by atoms with E-state index in [1.807, 2.05) is 24.3 Å². The number of ether oxygens (including phenoxy) is 2. The number of carbonyl (C=O) groups is 2. The van der Waals surface area contributed by atoms with Crippen LogP contribution in [0.15, 0.2) is 28.6 Å². The number of Topliss-reactive ketones (excluding diaryl/α,β-unsaturated/α-hetero) is 1. The van der Waals surface area contributed by atoms with E-state index in [-0.39, 0.29) is 18.1 Å². The zero-order valence-electron chi connectivity index (χ0n) is 17.1. The van der Waals surface area contributed by atoms with E-state index in [1.165, 1.54) is 23.1 Å². The van der Waals surface area contributed by atoms with Gasteiger partial charge in [0.1, 0.15) is 5.75 Å². The predicted octanol–water partition coefficient (Wildman–Crippen LogP) is 4.39. The Morgan fingerprint density at radius 3 is 2.80 bits per heavy atom. The second kappa shape index (κ2) is 9.77. The lowest BCUT2D eigenvalue weighted by molar-refractivity contribution is 0.0525. The first-order valence-electron chi connectivity index (χ1n) is 9.19. The van der Waals surface area contributed by atoms with Crippen LogP contribution in [0.25, 0.3) is 0 Å². The molecule has 158 valence electrons. The molecule has 0 saturated heterocycles. The molecule has 0 aliphatic heterocycles. The van der Waals surface area contributed by atoms with Gasteiger partial charge in [-0.25, -0.2) is 4.79 Å². The van der Waals surface area contributed by atoms with Crippen molar-refractivity contribution in [1.29, 1.82) is 0 Å². The number of nitrogens with one attached hydrogen (secondary N) is 2. The van der Waals surface area contributed by atoms with E-state index in [2.05, 4.69) is 20.5 Å². The Morgan fingerprint density at radius 1 is 1.27 bits per heavy atom. The molecule has 10 heteroatoms. The number of esters is 1. The number of H-pyrrole nitrogens is 1. The first kappa shape index (κ1) is 21.8. The minimum atomic E-state index is -0.423. The Kier molecular flexibility index (Phi) is 7.11. The van der Waals surface area contributed by atoms with Crippen molar-refractivity contribution < 1.29 is 19.1 Å². The summed E-state index contributed by atoms with van der Waals surface area (Å²) < 4.78 is 10.9. The number of thioether (sulfide) groups is 1. The zero-order valence-corrected chi connectivity index (χ0v) is 18.7. The molecule has 3 aromatic rings. The number of rotatable bonds is 9. The van der Waals surface area contributed by atoms with Gasteiger partial charge in [-0.15, -0.1) is 10.2 Å². The molecule has 3 rings (SSSR count). The lowest BCUT2D eigenvalue weighted by atomic mass is 10.1. The number of nitrogens with zero attached hydrogens (tertiary/aromatic N) is 2. The number of aromatic nitrogens is 3. The maximum Gasteiger partial charge on any atom is 0.340 e. The van der Waals surface area contributed by atoms with Crippen molar-refractivity contribution in [1.82, 2.24) is 15.2 Å². The average molecular weight is 447 g/mol. The van der Waals surface area contributed by atoms with Crippen molar-refractivity contribution in [2.45, 2.75) is 25.1 Å². The van der Waals surface area contributed by atoms with Gasteiger partial charge in [-0.3, -0.25) is 4.79 Å². The monoisotopic (exact) mass is 446 g/mol. The molecule has 0 radical (unpaired) electrons. The molecular weight excluding hydrogens is 424 g/mol. The van der Waals surface area contributed by atoms with Gasteiger partial charge in [-0.05, 0) is 38.5 Å². The molecule has 0 aliphatic carbocycles. The summed E-state index contributed by atoms with van der Waals surface area (Å²) in [5.74, 6) is 0.377. The average Bonchev–Trinajstić information content (AvgIpc) is 3.29. The first-order valence-corrected chi connectivity index (χ1v) is 11.0. The summed E-state index contributed by atoms with van der Waals surface area (Å²) in [6.45, 7) is 5.53. The minimum absolute atomic E-state index is 0.117. The molecule has 1 aromatic carbocycles. The van der Waals surface area contributed by atoms with Gasteiger partial charge >= 0.3 is 5.97 Å². The molecule has 0 amide bonds. The summed E-state index contributed by atoms with van der Waals surface area (Å²) in [6, 6.07) is 7.49. The van der Waals surface area contributed by atoms with Crippen LogP contribution in [0.2, 0.25) is 0 Å². The fourth-order valence-corrected chi connectivity index (χ4v) is 4.52. The second-order valence-corrected chi connectivity index (χ2v) is 8.49. The van der Waals surface area contributed by atoms with Crippen LogP contribution in [0.1, 0.15) is 39.0 Å². The topological polar surface area (TPSA) is 106 Å². The highest BCUT2D eigenvalue weighted by Crippen LogP contribution is 2.29. The third-order valence-corrected chi connectivity index (χ3v) is 6.22. The third kappa shape index (κ3) is 5.00. The molecule has 0 atom stereocenters. The van der Waals surface area contributed by atoms with E-state index in [0.29, 0.717) is 32.0 Å². The molecule has 30 heavy (non-hydrogen) atoms. The fraction of sp³-hybridized carbons (Fsp3) is 0.300. The molecule has 0 spiro atoms. The van der Waals surface area contributed by atoms with Gasteiger partial charge in [-0.1, -0.05) is 29.2 Å². The van der Waals surface area contributed by atoms with Gasteiger partial charge in [0.05, 0.1) is 30.7 Å². The Balaban J connectivity index is 1.63. The van der Waals surface area contributed by atoms with Crippen LogP contribution >= 0.6 is 23.1 Å². The highest BCUT2D eigenvalue weighted by atomic mass is 32.2. The summed E-state index contributed by atoms with van der Waals surface area (Å²) in [5.41, 5.74) is 2.91. The molecule has 2 aromatic heterocycles. The number of methoxy groups -OCH3 is 1. The van der Waals surface area contributed by atoms with Crippen molar-refractivity contribution in [3.63, 3.8) is 0 Å². The minimum Gasteiger partial charge on any atom is -0.497 e. The SMILES string of the molecule is CCOC(=O)c1c(C)[nH]c(C(=O)CSc2nnc(Nc3cccc(OC)c3)s2)c1C. The molecule has 2 N–H and O–H groups in total. The van der Waals surface area contributed by atoms with E-state index in [0.717, 1.165) is 11.4 Å². The van der Waals surface area contributed by atoms with Crippen LogP contribution in [0, 0.1) is 13.8 Å². The zero-order chi connectivity index (χ0) is 21.7. The van der Waals surface area contributed by atoms with Crippen LogP contribution in [-0.4, -0.2) is 46.4 Å². The normalized spacial score (nSPS) is 10.7. The Hall–Kier alpha value is -2.85. The van der Waals surface area contributed by atoms with E-state index < -0.39 is 5.97 Å². The van der Waals surface area contributed by atoms with E-state index >= 15 is 0 Å². The molecule has 0 bridgehead atoms. The highest BCUT2D eigenvalue weighted by molar-refractivity contribution is 8.01. The van der Waals surface area contributed by atoms with Gasteiger partial charge in [0.25, 0.3) is 0 Å².